The third-order valence-electron chi connectivity index (χ3n) is 4.09. The van der Waals surface area contributed by atoms with Gasteiger partial charge in [-0.1, -0.05) is 48.2 Å². The van der Waals surface area contributed by atoms with Gasteiger partial charge in [-0.05, 0) is 37.1 Å². The van der Waals surface area contributed by atoms with Crippen LogP contribution in [-0.4, -0.2) is 42.2 Å². The van der Waals surface area contributed by atoms with Crippen molar-refractivity contribution >= 4 is 28.4 Å². The number of thioether (sulfide) groups is 1. The van der Waals surface area contributed by atoms with Crippen LogP contribution < -0.4 is 0 Å². The van der Waals surface area contributed by atoms with Crippen molar-refractivity contribution in [3.63, 3.8) is 0 Å². The van der Waals surface area contributed by atoms with Crippen molar-refractivity contribution in [1.82, 2.24) is 4.90 Å². The fraction of sp³-hybridized carbons (Fsp3) is 0.300. The first-order valence-corrected chi connectivity index (χ1v) is 9.21. The number of amides is 1. The van der Waals surface area contributed by atoms with Crippen LogP contribution in [0.5, 0.6) is 0 Å². The SMILES string of the molecule is Cc1cccc(C)c1N=C(Sc1ccccc1)C(=O)N1CCOCC1. The number of aryl methyl sites for hydroxylation is 2. The van der Waals surface area contributed by atoms with Gasteiger partial charge in [-0.15, -0.1) is 0 Å². The number of nitrogens with zero attached hydrogens (tertiary/aromatic N) is 2. The lowest BCUT2D eigenvalue weighted by molar-refractivity contribution is -0.127. The van der Waals surface area contributed by atoms with Crippen molar-refractivity contribution in [3.05, 3.63) is 59.7 Å². The highest BCUT2D eigenvalue weighted by Gasteiger charge is 2.23. The molecule has 25 heavy (non-hydrogen) atoms. The van der Waals surface area contributed by atoms with Crippen molar-refractivity contribution in [1.29, 1.82) is 0 Å². The fourth-order valence-electron chi connectivity index (χ4n) is 2.70. The van der Waals surface area contributed by atoms with Crippen LogP contribution >= 0.6 is 11.8 Å². The maximum atomic E-state index is 13.0. The number of aliphatic imine (C=N–C) groups is 1. The Kier molecular flexibility index (Phi) is 5.89. The maximum Gasteiger partial charge on any atom is 0.279 e. The Bertz CT molecular complexity index is 748. The summed E-state index contributed by atoms with van der Waals surface area (Å²) in [5, 5.41) is 0.505. The van der Waals surface area contributed by atoms with Crippen molar-refractivity contribution in [2.75, 3.05) is 26.3 Å². The quantitative estimate of drug-likeness (QED) is 0.465. The zero-order valence-corrected chi connectivity index (χ0v) is 15.4. The number of para-hydroxylation sites is 1. The molecule has 0 bridgehead atoms. The molecule has 4 nitrogen and oxygen atoms in total. The molecule has 5 heteroatoms. The summed E-state index contributed by atoms with van der Waals surface area (Å²) in [6.07, 6.45) is 0. The summed E-state index contributed by atoms with van der Waals surface area (Å²) in [4.78, 5) is 20.7. The highest BCUT2D eigenvalue weighted by Crippen LogP contribution is 2.28. The van der Waals surface area contributed by atoms with E-state index in [2.05, 4.69) is 0 Å². The number of hydrogen-bond donors (Lipinski definition) is 0. The molecule has 1 aliphatic rings. The van der Waals surface area contributed by atoms with E-state index in [9.17, 15) is 4.79 Å². The van der Waals surface area contributed by atoms with Gasteiger partial charge >= 0.3 is 0 Å². The van der Waals surface area contributed by atoms with E-state index in [0.29, 0.717) is 31.3 Å². The lowest BCUT2D eigenvalue weighted by atomic mass is 10.1. The molecule has 0 aliphatic carbocycles. The van der Waals surface area contributed by atoms with Crippen LogP contribution in [0.15, 0.2) is 58.4 Å². The van der Waals surface area contributed by atoms with Gasteiger partial charge < -0.3 is 9.64 Å². The van der Waals surface area contributed by atoms with Crippen molar-refractivity contribution < 1.29 is 9.53 Å². The molecular weight excluding hydrogens is 332 g/mol. The van der Waals surface area contributed by atoms with E-state index in [-0.39, 0.29) is 5.91 Å². The minimum atomic E-state index is -0.0280. The minimum Gasteiger partial charge on any atom is -0.378 e. The van der Waals surface area contributed by atoms with Gasteiger partial charge in [0.05, 0.1) is 18.9 Å². The number of hydrogen-bond acceptors (Lipinski definition) is 4. The third-order valence-corrected chi connectivity index (χ3v) is 5.06. The molecule has 0 N–H and O–H groups in total. The first kappa shape index (κ1) is 17.7. The largest absolute Gasteiger partial charge is 0.378 e. The van der Waals surface area contributed by atoms with E-state index in [1.54, 1.807) is 0 Å². The predicted molar refractivity (Wildman–Crippen MR) is 103 cm³/mol. The second-order valence-corrected chi connectivity index (χ2v) is 7.04. The van der Waals surface area contributed by atoms with E-state index in [4.69, 9.17) is 9.73 Å². The zero-order valence-electron chi connectivity index (χ0n) is 14.6. The number of carbonyl (C=O) groups excluding carboxylic acids is 1. The minimum absolute atomic E-state index is 0.0280. The van der Waals surface area contributed by atoms with E-state index in [1.807, 2.05) is 67.3 Å². The standard InChI is InChI=1S/C20H22N2O2S/c1-15-7-6-8-16(2)18(15)21-19(25-17-9-4-3-5-10-17)20(23)22-11-13-24-14-12-22/h3-10H,11-14H2,1-2H3. The van der Waals surface area contributed by atoms with Crippen LogP contribution in [0.1, 0.15) is 11.1 Å². The van der Waals surface area contributed by atoms with Crippen molar-refractivity contribution in [2.45, 2.75) is 18.7 Å². The van der Waals surface area contributed by atoms with Gasteiger partial charge in [0.15, 0.2) is 5.04 Å². The molecule has 2 aromatic rings. The first-order valence-electron chi connectivity index (χ1n) is 8.40. The summed E-state index contributed by atoms with van der Waals surface area (Å²) in [7, 11) is 0. The summed E-state index contributed by atoms with van der Waals surface area (Å²) in [6, 6.07) is 16.0. The molecule has 2 aromatic carbocycles. The van der Waals surface area contributed by atoms with Gasteiger partial charge in [-0.3, -0.25) is 4.79 Å². The molecule has 0 atom stereocenters. The Hall–Kier alpha value is -2.11. The number of morpholine rings is 1. The topological polar surface area (TPSA) is 41.9 Å². The number of ether oxygens (including phenoxy) is 1. The van der Waals surface area contributed by atoms with Crippen LogP contribution in [0.25, 0.3) is 0 Å². The summed E-state index contributed by atoms with van der Waals surface area (Å²) < 4.78 is 5.36. The lowest BCUT2D eigenvalue weighted by Crippen LogP contribution is -2.43. The second kappa shape index (κ2) is 8.32. The molecule has 0 unspecified atom stereocenters. The van der Waals surface area contributed by atoms with E-state index in [0.717, 1.165) is 21.7 Å². The van der Waals surface area contributed by atoms with Gasteiger partial charge in [0.25, 0.3) is 5.91 Å². The fourth-order valence-corrected chi connectivity index (χ4v) is 3.57. The molecule has 0 radical (unpaired) electrons. The van der Waals surface area contributed by atoms with Crippen LogP contribution in [0.2, 0.25) is 0 Å². The molecule has 1 aliphatic heterocycles. The van der Waals surface area contributed by atoms with Gasteiger partial charge in [-0.25, -0.2) is 4.99 Å². The van der Waals surface area contributed by atoms with E-state index in [1.165, 1.54) is 11.8 Å². The van der Waals surface area contributed by atoms with Gasteiger partial charge in [-0.2, -0.15) is 0 Å². The Labute approximate surface area is 152 Å². The summed E-state index contributed by atoms with van der Waals surface area (Å²) in [6.45, 7) is 6.43. The molecule has 0 spiro atoms. The molecule has 1 amide bonds. The molecule has 1 saturated heterocycles. The summed E-state index contributed by atoms with van der Waals surface area (Å²) in [5.41, 5.74) is 3.02. The third kappa shape index (κ3) is 4.50. The van der Waals surface area contributed by atoms with Crippen LogP contribution in [0.4, 0.5) is 5.69 Å². The lowest BCUT2D eigenvalue weighted by Gasteiger charge is -2.27. The van der Waals surface area contributed by atoms with Gasteiger partial charge in [0.1, 0.15) is 0 Å². The molecule has 1 heterocycles. The molecule has 1 fully saturated rings. The number of benzene rings is 2. The number of carbonyl (C=O) groups is 1. The maximum absolute atomic E-state index is 13.0. The van der Waals surface area contributed by atoms with Crippen LogP contribution in [-0.2, 0) is 9.53 Å². The molecule has 3 rings (SSSR count). The van der Waals surface area contributed by atoms with Crippen LogP contribution in [0, 0.1) is 13.8 Å². The smallest absolute Gasteiger partial charge is 0.279 e. The van der Waals surface area contributed by atoms with Gasteiger partial charge in [0.2, 0.25) is 0 Å². The Morgan fingerprint density at radius 2 is 1.64 bits per heavy atom. The highest BCUT2D eigenvalue weighted by atomic mass is 32.2. The highest BCUT2D eigenvalue weighted by molar-refractivity contribution is 8.15. The average molecular weight is 354 g/mol. The first-order chi connectivity index (χ1) is 12.1. The Morgan fingerprint density at radius 3 is 2.28 bits per heavy atom. The molecular formula is C20H22N2O2S. The van der Waals surface area contributed by atoms with E-state index >= 15 is 0 Å². The summed E-state index contributed by atoms with van der Waals surface area (Å²) >= 11 is 1.42. The van der Waals surface area contributed by atoms with Crippen LogP contribution in [0.3, 0.4) is 0 Å². The monoisotopic (exact) mass is 354 g/mol. The van der Waals surface area contributed by atoms with E-state index < -0.39 is 0 Å². The average Bonchev–Trinajstić information content (AvgIpc) is 2.65. The Balaban J connectivity index is 1.96. The molecule has 130 valence electrons. The second-order valence-electron chi connectivity index (χ2n) is 5.98. The van der Waals surface area contributed by atoms with Crippen molar-refractivity contribution in [3.8, 4) is 0 Å². The molecule has 0 aromatic heterocycles. The summed E-state index contributed by atoms with van der Waals surface area (Å²) in [5.74, 6) is -0.0280. The normalized spacial score (nSPS) is 15.3. The predicted octanol–water partition coefficient (Wildman–Crippen LogP) is 3.98. The van der Waals surface area contributed by atoms with Gasteiger partial charge in [0, 0.05) is 18.0 Å². The zero-order chi connectivity index (χ0) is 17.6. The molecule has 0 saturated carbocycles. The van der Waals surface area contributed by atoms with Crippen molar-refractivity contribution in [2.24, 2.45) is 4.99 Å². The number of rotatable bonds is 2. The Morgan fingerprint density at radius 1 is 1.00 bits per heavy atom.